The van der Waals surface area contributed by atoms with Crippen LogP contribution >= 0.6 is 0 Å². The van der Waals surface area contributed by atoms with E-state index in [0.29, 0.717) is 5.56 Å². The third kappa shape index (κ3) is 3.08. The number of hydrogen-bond donors (Lipinski definition) is 3. The normalized spacial score (nSPS) is 18.4. The van der Waals surface area contributed by atoms with Gasteiger partial charge in [-0.3, -0.25) is 4.79 Å². The first-order valence-corrected chi connectivity index (χ1v) is 8.40. The van der Waals surface area contributed by atoms with Crippen molar-refractivity contribution in [2.45, 2.75) is 18.0 Å². The number of hydrogen-bond acceptors (Lipinski definition) is 4. The first-order chi connectivity index (χ1) is 11.3. The van der Waals surface area contributed by atoms with E-state index in [4.69, 9.17) is 0 Å². The Kier molecular flexibility index (Phi) is 3.98. The molecule has 0 aliphatic carbocycles. The lowest BCUT2D eigenvalue weighted by atomic mass is 10.2. The summed E-state index contributed by atoms with van der Waals surface area (Å²) in [7, 11) is -3.97. The molecule has 0 unspecified atom stereocenters. The molecule has 1 atom stereocenters. The van der Waals surface area contributed by atoms with Gasteiger partial charge in [0.25, 0.3) is 5.91 Å². The molecule has 0 saturated heterocycles. The standard InChI is InChI=1S/C15H13F2N3O3S/c1-8-2-4-10(7-11(8)17)18-15(21)14-19-12-6-9(16)3-5-13(12)24(22,23)20-14/h2-7,14,19-20H,1H3,(H,18,21)/t14-/m0/s1. The van der Waals surface area contributed by atoms with Crippen molar-refractivity contribution >= 4 is 27.3 Å². The van der Waals surface area contributed by atoms with Crippen LogP contribution in [0, 0.1) is 18.6 Å². The lowest BCUT2D eigenvalue weighted by Gasteiger charge is -2.27. The van der Waals surface area contributed by atoms with Crippen molar-refractivity contribution in [2.24, 2.45) is 0 Å². The van der Waals surface area contributed by atoms with Crippen LogP contribution in [0.25, 0.3) is 0 Å². The maximum atomic E-state index is 13.5. The van der Waals surface area contributed by atoms with Crippen LogP contribution in [0.2, 0.25) is 0 Å². The SMILES string of the molecule is Cc1ccc(NC(=O)[C@H]2Nc3cc(F)ccc3S(=O)(=O)N2)cc1F. The van der Waals surface area contributed by atoms with Gasteiger partial charge in [-0.2, -0.15) is 4.72 Å². The molecule has 1 amide bonds. The van der Waals surface area contributed by atoms with E-state index in [2.05, 4.69) is 15.4 Å². The van der Waals surface area contributed by atoms with E-state index in [-0.39, 0.29) is 16.3 Å². The van der Waals surface area contributed by atoms with Crippen LogP contribution in [-0.4, -0.2) is 20.5 Å². The molecule has 0 radical (unpaired) electrons. The number of nitrogens with one attached hydrogen (secondary N) is 3. The van der Waals surface area contributed by atoms with Crippen LogP contribution in [0.4, 0.5) is 20.2 Å². The van der Waals surface area contributed by atoms with Gasteiger partial charge < -0.3 is 10.6 Å². The second-order valence-electron chi connectivity index (χ2n) is 5.29. The minimum atomic E-state index is -3.97. The molecule has 1 aliphatic rings. The van der Waals surface area contributed by atoms with E-state index in [1.807, 2.05) is 0 Å². The van der Waals surface area contributed by atoms with Crippen LogP contribution in [0.15, 0.2) is 41.3 Å². The summed E-state index contributed by atoms with van der Waals surface area (Å²) >= 11 is 0. The number of carbonyl (C=O) groups is 1. The third-order valence-electron chi connectivity index (χ3n) is 3.51. The number of rotatable bonds is 2. The smallest absolute Gasteiger partial charge is 0.262 e. The Labute approximate surface area is 136 Å². The van der Waals surface area contributed by atoms with Gasteiger partial charge in [0.15, 0.2) is 6.17 Å². The van der Waals surface area contributed by atoms with Gasteiger partial charge in [0.05, 0.1) is 5.69 Å². The van der Waals surface area contributed by atoms with E-state index in [9.17, 15) is 22.0 Å². The zero-order valence-corrected chi connectivity index (χ0v) is 13.2. The van der Waals surface area contributed by atoms with Crippen LogP contribution < -0.4 is 15.4 Å². The summed E-state index contributed by atoms with van der Waals surface area (Å²) in [5.41, 5.74) is 0.562. The van der Waals surface area contributed by atoms with Crippen molar-refractivity contribution in [3.63, 3.8) is 0 Å². The highest BCUT2D eigenvalue weighted by Gasteiger charge is 2.33. The Hall–Kier alpha value is -2.52. The van der Waals surface area contributed by atoms with Gasteiger partial charge in [-0.25, -0.2) is 17.2 Å². The van der Waals surface area contributed by atoms with Crippen LogP contribution in [0.3, 0.4) is 0 Å². The van der Waals surface area contributed by atoms with Gasteiger partial charge in [-0.15, -0.1) is 0 Å². The summed E-state index contributed by atoms with van der Waals surface area (Å²) in [6.45, 7) is 1.57. The summed E-state index contributed by atoms with van der Waals surface area (Å²) in [6, 6.07) is 7.19. The van der Waals surface area contributed by atoms with Gasteiger partial charge in [0, 0.05) is 5.69 Å². The molecule has 0 spiro atoms. The summed E-state index contributed by atoms with van der Waals surface area (Å²) in [5, 5.41) is 5.00. The molecule has 1 heterocycles. The largest absolute Gasteiger partial charge is 0.360 e. The summed E-state index contributed by atoms with van der Waals surface area (Å²) in [4.78, 5) is 12.1. The molecule has 3 N–H and O–H groups in total. The highest BCUT2D eigenvalue weighted by atomic mass is 32.2. The lowest BCUT2D eigenvalue weighted by Crippen LogP contribution is -2.51. The fourth-order valence-corrected chi connectivity index (χ4v) is 3.51. The number of amides is 1. The average molecular weight is 353 g/mol. The van der Waals surface area contributed by atoms with Crippen molar-refractivity contribution in [3.05, 3.63) is 53.6 Å². The molecule has 0 fully saturated rings. The van der Waals surface area contributed by atoms with Gasteiger partial charge >= 0.3 is 0 Å². The fraction of sp³-hybridized carbons (Fsp3) is 0.133. The number of benzene rings is 2. The molecule has 24 heavy (non-hydrogen) atoms. The first-order valence-electron chi connectivity index (χ1n) is 6.92. The Morgan fingerprint density at radius 2 is 1.92 bits per heavy atom. The van der Waals surface area contributed by atoms with Crippen LogP contribution in [-0.2, 0) is 14.8 Å². The summed E-state index contributed by atoms with van der Waals surface area (Å²) in [5.74, 6) is -1.90. The highest BCUT2D eigenvalue weighted by molar-refractivity contribution is 7.89. The second-order valence-corrected chi connectivity index (χ2v) is 6.97. The molecule has 0 aromatic heterocycles. The van der Waals surface area contributed by atoms with Crippen molar-refractivity contribution in [1.82, 2.24) is 4.72 Å². The minimum absolute atomic E-state index is 0.0241. The minimum Gasteiger partial charge on any atom is -0.360 e. The van der Waals surface area contributed by atoms with Crippen molar-refractivity contribution in [1.29, 1.82) is 0 Å². The molecule has 2 aromatic carbocycles. The summed E-state index contributed by atoms with van der Waals surface area (Å²) < 4.78 is 53.2. The van der Waals surface area contributed by atoms with Gasteiger partial charge in [-0.05, 0) is 42.8 Å². The maximum absolute atomic E-state index is 13.5. The van der Waals surface area contributed by atoms with E-state index in [0.717, 1.165) is 24.3 Å². The Morgan fingerprint density at radius 1 is 1.17 bits per heavy atom. The predicted octanol–water partition coefficient (Wildman–Crippen LogP) is 1.94. The highest BCUT2D eigenvalue weighted by Crippen LogP contribution is 2.27. The zero-order chi connectivity index (χ0) is 17.5. The average Bonchev–Trinajstić information content (AvgIpc) is 2.49. The van der Waals surface area contributed by atoms with E-state index >= 15 is 0 Å². The quantitative estimate of drug-likeness (QED) is 0.770. The number of anilines is 2. The zero-order valence-electron chi connectivity index (χ0n) is 12.4. The molecule has 0 bridgehead atoms. The number of aryl methyl sites for hydroxylation is 1. The van der Waals surface area contributed by atoms with Gasteiger partial charge in [-0.1, -0.05) is 6.07 Å². The number of sulfonamides is 1. The van der Waals surface area contributed by atoms with Gasteiger partial charge in [0.2, 0.25) is 10.0 Å². The predicted molar refractivity (Wildman–Crippen MR) is 83.9 cm³/mol. The first kappa shape index (κ1) is 16.3. The van der Waals surface area contributed by atoms with Crippen LogP contribution in [0.5, 0.6) is 0 Å². The van der Waals surface area contributed by atoms with E-state index in [1.54, 1.807) is 6.92 Å². The lowest BCUT2D eigenvalue weighted by molar-refractivity contribution is -0.117. The molecule has 6 nitrogen and oxygen atoms in total. The molecule has 126 valence electrons. The third-order valence-corrected chi connectivity index (χ3v) is 4.99. The summed E-state index contributed by atoms with van der Waals surface area (Å²) in [6.07, 6.45) is -1.35. The van der Waals surface area contributed by atoms with Crippen LogP contribution in [0.1, 0.15) is 5.56 Å². The van der Waals surface area contributed by atoms with Gasteiger partial charge in [0.1, 0.15) is 16.5 Å². The van der Waals surface area contributed by atoms with E-state index < -0.39 is 33.7 Å². The van der Waals surface area contributed by atoms with Crippen molar-refractivity contribution in [3.8, 4) is 0 Å². The monoisotopic (exact) mass is 353 g/mol. The topological polar surface area (TPSA) is 87.3 Å². The fourth-order valence-electron chi connectivity index (χ4n) is 2.26. The molecule has 2 aromatic rings. The van der Waals surface area contributed by atoms with Crippen molar-refractivity contribution in [2.75, 3.05) is 10.6 Å². The molecular weight excluding hydrogens is 340 g/mol. The molecule has 1 aliphatic heterocycles. The Balaban J connectivity index is 1.85. The Morgan fingerprint density at radius 3 is 2.62 bits per heavy atom. The molecule has 0 saturated carbocycles. The molecule has 9 heteroatoms. The second kappa shape index (κ2) is 5.84. The number of fused-ring (bicyclic) bond motifs is 1. The maximum Gasteiger partial charge on any atom is 0.262 e. The molecule has 3 rings (SSSR count). The van der Waals surface area contributed by atoms with Crippen molar-refractivity contribution < 1.29 is 22.0 Å². The van der Waals surface area contributed by atoms with E-state index in [1.165, 1.54) is 12.1 Å². The number of carbonyl (C=O) groups excluding carboxylic acids is 1. The Bertz CT molecular complexity index is 932. The number of halogens is 2. The molecular formula is C15H13F2N3O3S.